The second-order valence-electron chi connectivity index (χ2n) is 9.62. The van der Waals surface area contributed by atoms with Crippen molar-refractivity contribution in [1.29, 1.82) is 0 Å². The fourth-order valence-electron chi connectivity index (χ4n) is 3.85. The zero-order valence-corrected chi connectivity index (χ0v) is 26.3. The Kier molecular flexibility index (Phi) is 15.2. The third-order valence-electron chi connectivity index (χ3n) is 6.24. The van der Waals surface area contributed by atoms with Crippen LogP contribution in [0.25, 0.3) is 0 Å². The van der Waals surface area contributed by atoms with Crippen molar-refractivity contribution in [3.05, 3.63) is 68.8 Å². The molecule has 2 aromatic carbocycles. The average molecular weight is 691 g/mol. The van der Waals surface area contributed by atoms with Gasteiger partial charge in [0.15, 0.2) is 0 Å². The van der Waals surface area contributed by atoms with E-state index in [0.717, 1.165) is 81.0 Å². The first-order chi connectivity index (χ1) is 21.7. The molecule has 0 aliphatic heterocycles. The lowest BCUT2D eigenvalue weighted by Gasteiger charge is -2.16. The van der Waals surface area contributed by atoms with E-state index in [0.29, 0.717) is 19.3 Å². The molecule has 2 rings (SSSR count). The molecule has 1 atom stereocenters. The topological polar surface area (TPSA) is 250 Å². The molecular formula is C26H34N4O14S2. The molecule has 0 fully saturated rings. The third kappa shape index (κ3) is 13.3. The van der Waals surface area contributed by atoms with Gasteiger partial charge in [-0.15, -0.1) is 8.57 Å². The number of carbonyl (C=O) groups is 2. The molecule has 0 aliphatic carbocycles. The number of non-ortho nitro benzene ring substituents is 2. The molecule has 0 saturated heterocycles. The van der Waals surface area contributed by atoms with Crippen molar-refractivity contribution in [2.24, 2.45) is 0 Å². The molecule has 0 aliphatic rings. The molecule has 0 saturated carbocycles. The van der Waals surface area contributed by atoms with Crippen LogP contribution < -0.4 is 11.0 Å². The molecule has 0 spiro atoms. The first-order valence-corrected chi connectivity index (χ1v) is 16.8. The molecule has 2 amide bonds. The van der Waals surface area contributed by atoms with E-state index in [4.69, 9.17) is 9.47 Å². The number of nitro groups is 2. The lowest BCUT2D eigenvalue weighted by Crippen LogP contribution is -2.31. The van der Waals surface area contributed by atoms with Crippen LogP contribution >= 0.6 is 0 Å². The molecular weight excluding hydrogens is 656 g/mol. The molecule has 0 heterocycles. The molecule has 2 aromatic rings. The Bertz CT molecular complexity index is 1570. The van der Waals surface area contributed by atoms with Crippen LogP contribution in [0, 0.1) is 20.2 Å². The van der Waals surface area contributed by atoms with Gasteiger partial charge in [0.2, 0.25) is 0 Å². The van der Waals surface area contributed by atoms with E-state index in [1.165, 1.54) is 6.07 Å². The summed E-state index contributed by atoms with van der Waals surface area (Å²) in [4.78, 5) is 42.8. The largest absolute Gasteiger partial charge is 0.448 e. The number of nitro benzene ring substituents is 2. The van der Waals surface area contributed by atoms with E-state index >= 15 is 0 Å². The smallest absolute Gasteiger partial charge is 0.432 e. The van der Waals surface area contributed by atoms with Crippen LogP contribution in [0.1, 0.15) is 64.7 Å². The number of nitrogens with one attached hydrogen (secondary N) is 2. The molecule has 18 nitrogen and oxygen atoms in total. The molecule has 20 heteroatoms. The standard InChI is InChI=1S/C26H34N4O14S2/c1-2-22(42-26(32)28-44-46(39,40)24-16-11-13-21(19-24)30(35)36)14-8-6-4-3-5-7-9-17-41-25(31)27-43-45(37,38)23-15-10-12-20(18-23)29(33)34/h10-13,15-16,18-19,22H,2-9,14,17H2,1H3,(H,27,31)(H,28,32). The second-order valence-corrected chi connectivity index (χ2v) is 12.7. The van der Waals surface area contributed by atoms with E-state index < -0.39 is 69.5 Å². The molecule has 2 N–H and O–H groups in total. The Balaban J connectivity index is 1.54. The van der Waals surface area contributed by atoms with Gasteiger partial charge in [-0.3, -0.25) is 20.2 Å². The number of carbonyl (C=O) groups excluding carboxylic acids is 2. The average Bonchev–Trinajstić information content (AvgIpc) is 3.03. The van der Waals surface area contributed by atoms with Gasteiger partial charge in [-0.2, -0.15) is 27.8 Å². The number of benzene rings is 2. The van der Waals surface area contributed by atoms with Gasteiger partial charge in [-0.25, -0.2) is 9.59 Å². The van der Waals surface area contributed by atoms with Crippen molar-refractivity contribution in [3.63, 3.8) is 0 Å². The minimum absolute atomic E-state index is 0.0138. The summed E-state index contributed by atoms with van der Waals surface area (Å²) in [5.41, 5.74) is 2.41. The highest BCUT2D eigenvalue weighted by atomic mass is 32.2. The Morgan fingerprint density at radius 3 is 1.67 bits per heavy atom. The minimum Gasteiger partial charge on any atom is -0.448 e. The van der Waals surface area contributed by atoms with Crippen LogP contribution in [0.3, 0.4) is 0 Å². The Labute approximate surface area is 264 Å². The first-order valence-electron chi connectivity index (χ1n) is 14.0. The van der Waals surface area contributed by atoms with Crippen molar-refractivity contribution in [2.45, 2.75) is 80.6 Å². The Hall–Kier alpha value is -4.40. The Morgan fingerprint density at radius 2 is 1.20 bits per heavy atom. The summed E-state index contributed by atoms with van der Waals surface area (Å²) in [5, 5.41) is 21.6. The predicted molar refractivity (Wildman–Crippen MR) is 158 cm³/mol. The molecule has 0 radical (unpaired) electrons. The number of unbranched alkanes of at least 4 members (excludes halogenated alkanes) is 6. The number of hydrogen-bond donors (Lipinski definition) is 2. The zero-order valence-electron chi connectivity index (χ0n) is 24.7. The van der Waals surface area contributed by atoms with Crippen LogP contribution in [0.15, 0.2) is 58.3 Å². The number of hydroxylamine groups is 2. The number of amides is 2. The number of ether oxygens (including phenoxy) is 2. The molecule has 1 unspecified atom stereocenters. The number of nitrogens with zero attached hydrogens (tertiary/aromatic N) is 2. The van der Waals surface area contributed by atoms with Crippen LogP contribution in [0.5, 0.6) is 0 Å². The predicted octanol–water partition coefficient (Wildman–Crippen LogP) is 4.80. The summed E-state index contributed by atoms with van der Waals surface area (Å²) in [6.45, 7) is 1.81. The van der Waals surface area contributed by atoms with Gasteiger partial charge in [-0.05, 0) is 37.8 Å². The Morgan fingerprint density at radius 1 is 0.739 bits per heavy atom. The fraction of sp³-hybridized carbons (Fsp3) is 0.462. The number of hydrogen-bond acceptors (Lipinski definition) is 14. The van der Waals surface area contributed by atoms with Gasteiger partial charge in [0.1, 0.15) is 15.9 Å². The van der Waals surface area contributed by atoms with E-state index in [1.807, 2.05) is 0 Å². The van der Waals surface area contributed by atoms with Crippen molar-refractivity contribution in [1.82, 2.24) is 11.0 Å². The minimum atomic E-state index is -4.50. The van der Waals surface area contributed by atoms with Crippen LogP contribution in [-0.4, -0.2) is 51.6 Å². The van der Waals surface area contributed by atoms with Gasteiger partial charge >= 0.3 is 32.4 Å². The van der Waals surface area contributed by atoms with E-state index in [1.54, 1.807) is 17.9 Å². The van der Waals surface area contributed by atoms with Gasteiger partial charge in [0.05, 0.1) is 16.5 Å². The molecule has 254 valence electrons. The maximum absolute atomic E-state index is 12.2. The summed E-state index contributed by atoms with van der Waals surface area (Å²) >= 11 is 0. The highest BCUT2D eigenvalue weighted by Gasteiger charge is 2.22. The SMILES string of the molecule is CCC(CCCCCCCCCOC(=O)NOS(=O)(=O)c1cccc([N+](=O)[O-])c1)OC(=O)NOS(=O)(=O)c1cccc([N+](=O)[O-])c1. The van der Waals surface area contributed by atoms with Gasteiger partial charge in [-0.1, -0.05) is 51.2 Å². The first kappa shape index (κ1) is 37.8. The summed E-state index contributed by atoms with van der Waals surface area (Å²) in [7, 11) is -8.99. The highest BCUT2D eigenvalue weighted by molar-refractivity contribution is 7.87. The van der Waals surface area contributed by atoms with E-state index in [9.17, 15) is 46.7 Å². The summed E-state index contributed by atoms with van der Waals surface area (Å²) in [5.74, 6) is 0. The molecule has 46 heavy (non-hydrogen) atoms. The van der Waals surface area contributed by atoms with Crippen molar-refractivity contribution in [2.75, 3.05) is 6.61 Å². The quantitative estimate of drug-likeness (QED) is 0.108. The molecule has 0 aromatic heterocycles. The number of rotatable bonds is 20. The van der Waals surface area contributed by atoms with E-state index in [2.05, 4.69) is 8.57 Å². The zero-order chi connectivity index (χ0) is 34.2. The third-order valence-corrected chi connectivity index (χ3v) is 8.50. The lowest BCUT2D eigenvalue weighted by atomic mass is 10.1. The fourth-order valence-corrected chi connectivity index (χ4v) is 5.42. The van der Waals surface area contributed by atoms with Crippen molar-refractivity contribution >= 4 is 43.8 Å². The van der Waals surface area contributed by atoms with Crippen molar-refractivity contribution in [3.8, 4) is 0 Å². The normalized spacial score (nSPS) is 12.1. The summed E-state index contributed by atoms with van der Waals surface area (Å²) in [6, 6.07) is 8.28. The van der Waals surface area contributed by atoms with Gasteiger partial charge < -0.3 is 9.47 Å². The van der Waals surface area contributed by atoms with Gasteiger partial charge in [0, 0.05) is 24.3 Å². The summed E-state index contributed by atoms with van der Waals surface area (Å²) in [6.07, 6.45) is 3.72. The van der Waals surface area contributed by atoms with Crippen molar-refractivity contribution < 1.29 is 54.3 Å². The maximum Gasteiger partial charge on any atom is 0.432 e. The van der Waals surface area contributed by atoms with Crippen LogP contribution in [0.4, 0.5) is 21.0 Å². The van der Waals surface area contributed by atoms with Crippen LogP contribution in [-0.2, 0) is 38.3 Å². The second kappa shape index (κ2) is 18.5. The maximum atomic E-state index is 12.2. The van der Waals surface area contributed by atoms with Gasteiger partial charge in [0.25, 0.3) is 11.4 Å². The lowest BCUT2D eigenvalue weighted by molar-refractivity contribution is -0.385. The summed E-state index contributed by atoms with van der Waals surface area (Å²) < 4.78 is 67.5. The van der Waals surface area contributed by atoms with Crippen LogP contribution in [0.2, 0.25) is 0 Å². The van der Waals surface area contributed by atoms with E-state index in [-0.39, 0.29) is 6.61 Å². The monoisotopic (exact) mass is 690 g/mol. The highest BCUT2D eigenvalue weighted by Crippen LogP contribution is 2.20. The molecule has 0 bridgehead atoms.